The van der Waals surface area contributed by atoms with Crippen molar-refractivity contribution in [2.75, 3.05) is 55.4 Å². The molecule has 0 radical (unpaired) electrons. The first-order valence-electron chi connectivity index (χ1n) is 11.5. The second kappa shape index (κ2) is 12.2. The average Bonchev–Trinajstić information content (AvgIpc) is 2.87. The van der Waals surface area contributed by atoms with Crippen molar-refractivity contribution in [2.45, 2.75) is 12.5 Å². The first-order chi connectivity index (χ1) is 17.1. The summed E-state index contributed by atoms with van der Waals surface area (Å²) in [4.78, 5) is 22.2. The number of benzene rings is 1. The number of aromatic nitrogens is 2. The number of morpholine rings is 1. The third-order valence-electron chi connectivity index (χ3n) is 5.45. The molecule has 4 rings (SSSR count). The second-order valence-electron chi connectivity index (χ2n) is 8.04. The molecule has 0 spiro atoms. The lowest BCUT2D eigenvalue weighted by atomic mass is 10.1. The largest absolute Gasteiger partial charge is 0.379 e. The second-order valence-corrected chi connectivity index (χ2v) is 8.04. The van der Waals surface area contributed by atoms with Crippen LogP contribution >= 0.6 is 0 Å². The Morgan fingerprint density at radius 3 is 2.94 bits per heavy atom. The van der Waals surface area contributed by atoms with Gasteiger partial charge in [-0.2, -0.15) is 4.98 Å². The highest BCUT2D eigenvalue weighted by Gasteiger charge is 2.15. The number of rotatable bonds is 10. The molecule has 1 aromatic heterocycles. The lowest BCUT2D eigenvalue weighted by molar-refractivity contribution is -0.111. The minimum Gasteiger partial charge on any atom is -0.379 e. The van der Waals surface area contributed by atoms with Crippen molar-refractivity contribution in [3.63, 3.8) is 0 Å². The molecule has 1 atom stereocenters. The van der Waals surface area contributed by atoms with E-state index in [9.17, 15) is 9.18 Å². The van der Waals surface area contributed by atoms with E-state index >= 15 is 0 Å². The Kier molecular flexibility index (Phi) is 8.55. The van der Waals surface area contributed by atoms with E-state index in [0.717, 1.165) is 51.2 Å². The van der Waals surface area contributed by atoms with Crippen LogP contribution in [-0.4, -0.2) is 66.3 Å². The van der Waals surface area contributed by atoms with Crippen molar-refractivity contribution in [2.24, 2.45) is 0 Å². The fourth-order valence-electron chi connectivity index (χ4n) is 3.66. The quantitative estimate of drug-likeness (QED) is 0.445. The summed E-state index contributed by atoms with van der Waals surface area (Å²) in [5, 5.41) is 8.71. The highest BCUT2D eigenvalue weighted by molar-refractivity contribution is 5.99. The molecule has 2 aliphatic rings. The summed E-state index contributed by atoms with van der Waals surface area (Å²) in [7, 11) is 0. The monoisotopic (exact) mass is 480 g/mol. The van der Waals surface area contributed by atoms with Crippen LogP contribution < -0.4 is 16.0 Å². The molecule has 1 aromatic carbocycles. The van der Waals surface area contributed by atoms with Crippen molar-refractivity contribution in [1.82, 2.24) is 14.9 Å². The average molecular weight is 481 g/mol. The number of carbonyl (C=O) groups is 1. The van der Waals surface area contributed by atoms with Gasteiger partial charge in [0, 0.05) is 36.7 Å². The Labute approximate surface area is 203 Å². The molecule has 0 saturated carbocycles. The van der Waals surface area contributed by atoms with Crippen molar-refractivity contribution < 1.29 is 18.7 Å². The molecule has 1 saturated heterocycles. The number of ether oxygens (including phenoxy) is 2. The van der Waals surface area contributed by atoms with E-state index in [0.29, 0.717) is 18.0 Å². The summed E-state index contributed by atoms with van der Waals surface area (Å²) in [6.07, 6.45) is 8.92. The van der Waals surface area contributed by atoms with Gasteiger partial charge in [0.15, 0.2) is 11.6 Å². The normalized spacial score (nSPS) is 18.0. The van der Waals surface area contributed by atoms with Crippen molar-refractivity contribution in [1.29, 1.82) is 0 Å². The molecule has 2 heterocycles. The van der Waals surface area contributed by atoms with Crippen LogP contribution in [0, 0.1) is 5.82 Å². The van der Waals surface area contributed by atoms with E-state index in [4.69, 9.17) is 9.47 Å². The van der Waals surface area contributed by atoms with E-state index < -0.39 is 5.82 Å². The van der Waals surface area contributed by atoms with Gasteiger partial charge in [0.05, 0.1) is 32.1 Å². The maximum absolute atomic E-state index is 14.4. The molecule has 10 heteroatoms. The van der Waals surface area contributed by atoms with Crippen molar-refractivity contribution >= 4 is 29.0 Å². The number of carbonyl (C=O) groups excluding carboxylic acids is 1. The number of nitrogens with zero attached hydrogens (tertiary/aromatic N) is 3. The van der Waals surface area contributed by atoms with E-state index in [1.54, 1.807) is 24.3 Å². The highest BCUT2D eigenvalue weighted by Crippen LogP contribution is 2.22. The van der Waals surface area contributed by atoms with Gasteiger partial charge in [0.25, 0.3) is 0 Å². The molecule has 1 amide bonds. The minimum absolute atomic E-state index is 0.00778. The van der Waals surface area contributed by atoms with E-state index in [-0.39, 0.29) is 23.8 Å². The molecule has 1 unspecified atom stereocenters. The minimum atomic E-state index is -0.603. The third kappa shape index (κ3) is 7.44. The van der Waals surface area contributed by atoms with Gasteiger partial charge in [-0.25, -0.2) is 9.37 Å². The van der Waals surface area contributed by atoms with Crippen molar-refractivity contribution in [3.05, 3.63) is 72.9 Å². The Bertz CT molecular complexity index is 1100. The molecule has 9 nitrogen and oxygen atoms in total. The number of hydrogen-bond acceptors (Lipinski definition) is 8. The standard InChI is InChI=1S/C25H29FN6O3/c1-2-23(33)28-18-5-3-6-19(15-18)29-24-22(26)17-27-25(31-24)30-20-7-4-8-21(16-20)35-14-11-32-9-12-34-13-10-32/h2-7,15-17,21H,1,8-14H2,(H,28,33)(H2,27,29,30,31). The smallest absolute Gasteiger partial charge is 0.247 e. The van der Waals surface area contributed by atoms with Crippen LogP contribution in [0.25, 0.3) is 0 Å². The van der Waals surface area contributed by atoms with Crippen LogP contribution in [0.3, 0.4) is 0 Å². The zero-order chi connectivity index (χ0) is 24.5. The zero-order valence-electron chi connectivity index (χ0n) is 19.4. The maximum atomic E-state index is 14.4. The van der Waals surface area contributed by atoms with Gasteiger partial charge in [-0.3, -0.25) is 9.69 Å². The fourth-order valence-corrected chi connectivity index (χ4v) is 3.66. The van der Waals surface area contributed by atoms with Gasteiger partial charge in [0.1, 0.15) is 0 Å². The van der Waals surface area contributed by atoms with Crippen LogP contribution in [0.1, 0.15) is 6.42 Å². The topological polar surface area (TPSA) is 101 Å². The van der Waals surface area contributed by atoms with Crippen LogP contribution in [0.4, 0.5) is 27.5 Å². The molecular weight excluding hydrogens is 451 g/mol. The fraction of sp³-hybridized carbons (Fsp3) is 0.320. The number of hydrogen-bond donors (Lipinski definition) is 3. The van der Waals surface area contributed by atoms with E-state index in [2.05, 4.69) is 37.4 Å². The number of halogens is 1. The Morgan fingerprint density at radius 1 is 1.29 bits per heavy atom. The summed E-state index contributed by atoms with van der Waals surface area (Å²) in [6.45, 7) is 8.34. The first-order valence-corrected chi connectivity index (χ1v) is 11.5. The predicted molar refractivity (Wildman–Crippen MR) is 133 cm³/mol. The van der Waals surface area contributed by atoms with Gasteiger partial charge in [0.2, 0.25) is 11.9 Å². The van der Waals surface area contributed by atoms with Gasteiger partial charge in [-0.15, -0.1) is 0 Å². The SMILES string of the molecule is C=CC(=O)Nc1cccc(Nc2nc(NC3=CC(OCCN4CCOCC4)CC=C3)ncc2F)c1. The lowest BCUT2D eigenvalue weighted by Crippen LogP contribution is -2.38. The molecular formula is C25H29FN6O3. The van der Waals surface area contributed by atoms with Gasteiger partial charge in [-0.1, -0.05) is 18.7 Å². The molecule has 35 heavy (non-hydrogen) atoms. The summed E-state index contributed by atoms with van der Waals surface area (Å²) in [6, 6.07) is 6.86. The van der Waals surface area contributed by atoms with Crippen LogP contribution in [-0.2, 0) is 14.3 Å². The predicted octanol–water partition coefficient (Wildman–Crippen LogP) is 3.46. The molecule has 3 N–H and O–H groups in total. The van der Waals surface area contributed by atoms with Crippen LogP contribution in [0.5, 0.6) is 0 Å². The number of allylic oxidation sites excluding steroid dienone is 1. The van der Waals surface area contributed by atoms with Crippen molar-refractivity contribution in [3.8, 4) is 0 Å². The summed E-state index contributed by atoms with van der Waals surface area (Å²) < 4.78 is 25.8. The lowest BCUT2D eigenvalue weighted by Gasteiger charge is -2.27. The molecule has 1 fully saturated rings. The molecule has 0 bridgehead atoms. The van der Waals surface area contributed by atoms with E-state index in [1.165, 1.54) is 6.08 Å². The van der Waals surface area contributed by atoms with Crippen LogP contribution in [0.2, 0.25) is 0 Å². The summed E-state index contributed by atoms with van der Waals surface area (Å²) in [5.74, 6) is -0.684. The molecule has 1 aliphatic heterocycles. The third-order valence-corrected chi connectivity index (χ3v) is 5.45. The van der Waals surface area contributed by atoms with Gasteiger partial charge < -0.3 is 25.4 Å². The summed E-state index contributed by atoms with van der Waals surface area (Å²) in [5.41, 5.74) is 1.88. The van der Waals surface area contributed by atoms with Crippen LogP contribution in [0.15, 0.2) is 67.0 Å². The van der Waals surface area contributed by atoms with Gasteiger partial charge in [-0.05, 0) is 42.8 Å². The Hall–Kier alpha value is -3.60. The number of anilines is 4. The Balaban J connectivity index is 1.35. The zero-order valence-corrected chi connectivity index (χ0v) is 19.4. The molecule has 2 aromatic rings. The molecule has 184 valence electrons. The highest BCUT2D eigenvalue weighted by atomic mass is 19.1. The summed E-state index contributed by atoms with van der Waals surface area (Å²) >= 11 is 0. The number of amides is 1. The number of nitrogens with one attached hydrogen (secondary N) is 3. The van der Waals surface area contributed by atoms with Gasteiger partial charge >= 0.3 is 0 Å². The van der Waals surface area contributed by atoms with E-state index in [1.807, 2.05) is 18.2 Å². The molecule has 1 aliphatic carbocycles. The Morgan fingerprint density at radius 2 is 2.11 bits per heavy atom. The first kappa shape index (κ1) is 24.5. The maximum Gasteiger partial charge on any atom is 0.247 e.